The number of hydrogen-bond acceptors (Lipinski definition) is 6. The fourth-order valence-corrected chi connectivity index (χ4v) is 4.58. The van der Waals surface area contributed by atoms with Gasteiger partial charge in [-0.05, 0) is 98.8 Å². The van der Waals surface area contributed by atoms with Crippen molar-refractivity contribution in [3.8, 4) is 29.1 Å². The molecule has 8 nitrogen and oxygen atoms in total. The fourth-order valence-electron chi connectivity index (χ4n) is 4.58. The van der Waals surface area contributed by atoms with Crippen molar-refractivity contribution in [2.75, 3.05) is 19.7 Å². The van der Waals surface area contributed by atoms with Gasteiger partial charge in [-0.3, -0.25) is 9.69 Å². The van der Waals surface area contributed by atoms with E-state index in [9.17, 15) is 9.59 Å². The van der Waals surface area contributed by atoms with Crippen molar-refractivity contribution in [3.05, 3.63) is 102 Å². The third-order valence-electron chi connectivity index (χ3n) is 6.93. The van der Waals surface area contributed by atoms with Crippen molar-refractivity contribution >= 4 is 11.9 Å². The average Bonchev–Trinajstić information content (AvgIpc) is 3.01. The zero-order valence-corrected chi connectivity index (χ0v) is 23.1. The lowest BCUT2D eigenvalue weighted by atomic mass is 9.96. The molecule has 4 rings (SSSR count). The molecule has 1 unspecified atom stereocenters. The predicted octanol–water partition coefficient (Wildman–Crippen LogP) is 5.28. The van der Waals surface area contributed by atoms with Gasteiger partial charge in [0.15, 0.2) is 0 Å². The molecule has 41 heavy (non-hydrogen) atoms. The molecule has 1 fully saturated rings. The van der Waals surface area contributed by atoms with Gasteiger partial charge in [0.25, 0.3) is 5.91 Å². The highest BCUT2D eigenvalue weighted by atomic mass is 16.5. The smallest absolute Gasteiger partial charge is 0.335 e. The van der Waals surface area contributed by atoms with Crippen LogP contribution >= 0.6 is 0 Å². The number of amides is 1. The highest BCUT2D eigenvalue weighted by Gasteiger charge is 2.24. The van der Waals surface area contributed by atoms with E-state index >= 15 is 0 Å². The Morgan fingerprint density at radius 3 is 2.34 bits per heavy atom. The summed E-state index contributed by atoms with van der Waals surface area (Å²) in [4.78, 5) is 26.3. The number of carbonyl (C=O) groups excluding carboxylic acids is 1. The molecule has 1 amide bonds. The van der Waals surface area contributed by atoms with Crippen LogP contribution in [0.3, 0.4) is 0 Å². The first-order valence-corrected chi connectivity index (χ1v) is 13.7. The van der Waals surface area contributed by atoms with Crippen molar-refractivity contribution in [2.24, 2.45) is 11.7 Å². The van der Waals surface area contributed by atoms with Crippen LogP contribution in [-0.4, -0.2) is 47.6 Å². The number of nitrogens with two attached hydrogens (primary N) is 1. The summed E-state index contributed by atoms with van der Waals surface area (Å²) in [5.74, 6) is 7.37. The molecule has 0 aromatic heterocycles. The molecular formula is C33H35N3O5. The van der Waals surface area contributed by atoms with E-state index in [4.69, 9.17) is 20.3 Å². The van der Waals surface area contributed by atoms with E-state index in [0.29, 0.717) is 35.3 Å². The summed E-state index contributed by atoms with van der Waals surface area (Å²) in [6.45, 7) is 4.39. The molecule has 1 heterocycles. The minimum atomic E-state index is -0.967. The first kappa shape index (κ1) is 29.2. The van der Waals surface area contributed by atoms with E-state index in [1.807, 2.05) is 30.3 Å². The van der Waals surface area contributed by atoms with Crippen LogP contribution in [0.4, 0.5) is 0 Å². The number of rotatable bonds is 10. The van der Waals surface area contributed by atoms with Gasteiger partial charge in [0.05, 0.1) is 18.2 Å². The quantitative estimate of drug-likeness (QED) is 0.293. The number of carboxylic acid groups (broad SMARTS) is 1. The summed E-state index contributed by atoms with van der Waals surface area (Å²) < 4.78 is 11.7. The van der Waals surface area contributed by atoms with Crippen molar-refractivity contribution < 1.29 is 24.2 Å². The second-order valence-electron chi connectivity index (χ2n) is 9.79. The van der Waals surface area contributed by atoms with Crippen LogP contribution in [0.25, 0.3) is 0 Å². The maximum Gasteiger partial charge on any atom is 0.335 e. The lowest BCUT2D eigenvalue weighted by Crippen LogP contribution is -2.41. The second kappa shape index (κ2) is 14.6. The molecule has 4 N–H and O–H groups in total. The Bertz CT molecular complexity index is 1400. The third-order valence-corrected chi connectivity index (χ3v) is 6.93. The van der Waals surface area contributed by atoms with Crippen molar-refractivity contribution in [3.63, 3.8) is 0 Å². The van der Waals surface area contributed by atoms with Crippen LogP contribution in [0.5, 0.6) is 17.2 Å². The number of benzene rings is 3. The zero-order chi connectivity index (χ0) is 29.0. The van der Waals surface area contributed by atoms with E-state index in [-0.39, 0.29) is 17.5 Å². The maximum atomic E-state index is 12.8. The SMILES string of the molecule is CCC(C#C/C(=C\N)NC(=O)c1ccc(Oc2ccccc2)cc1)N1CCC(COc2cccc(C(=O)O)c2)CC1. The van der Waals surface area contributed by atoms with Gasteiger partial charge in [-0.25, -0.2) is 4.79 Å². The first-order chi connectivity index (χ1) is 19.9. The van der Waals surface area contributed by atoms with Gasteiger partial charge >= 0.3 is 5.97 Å². The van der Waals surface area contributed by atoms with Crippen LogP contribution in [-0.2, 0) is 0 Å². The molecule has 3 aromatic carbocycles. The van der Waals surface area contributed by atoms with Crippen molar-refractivity contribution in [1.29, 1.82) is 0 Å². The molecule has 1 saturated heterocycles. The Morgan fingerprint density at radius 2 is 1.68 bits per heavy atom. The number of hydrogen-bond donors (Lipinski definition) is 3. The molecule has 1 atom stereocenters. The van der Waals surface area contributed by atoms with Gasteiger partial charge in [0.1, 0.15) is 22.9 Å². The van der Waals surface area contributed by atoms with Crippen LogP contribution < -0.4 is 20.5 Å². The molecular weight excluding hydrogens is 518 g/mol. The molecule has 0 radical (unpaired) electrons. The molecule has 0 spiro atoms. The van der Waals surface area contributed by atoms with Gasteiger partial charge in [-0.2, -0.15) is 0 Å². The first-order valence-electron chi connectivity index (χ1n) is 13.7. The van der Waals surface area contributed by atoms with Crippen LogP contribution in [0, 0.1) is 17.8 Å². The van der Waals surface area contributed by atoms with E-state index in [0.717, 1.165) is 38.1 Å². The van der Waals surface area contributed by atoms with Crippen LogP contribution in [0.15, 0.2) is 90.8 Å². The number of para-hydroxylation sites is 1. The highest BCUT2D eigenvalue weighted by Crippen LogP contribution is 2.23. The number of nitrogens with one attached hydrogen (secondary N) is 1. The van der Waals surface area contributed by atoms with E-state index < -0.39 is 5.97 Å². The van der Waals surface area contributed by atoms with Crippen molar-refractivity contribution in [1.82, 2.24) is 10.2 Å². The molecule has 0 bridgehead atoms. The molecule has 1 aliphatic rings. The summed E-state index contributed by atoms with van der Waals surface area (Å²) >= 11 is 0. The predicted molar refractivity (Wildman–Crippen MR) is 158 cm³/mol. The monoisotopic (exact) mass is 553 g/mol. The van der Waals surface area contributed by atoms with Gasteiger partial charge in [0.2, 0.25) is 0 Å². The number of carboxylic acids is 1. The molecule has 8 heteroatoms. The third kappa shape index (κ3) is 8.62. The molecule has 212 valence electrons. The summed E-state index contributed by atoms with van der Waals surface area (Å²) in [6.07, 6.45) is 4.06. The lowest BCUT2D eigenvalue weighted by molar-refractivity contribution is 0.0695. The van der Waals surface area contributed by atoms with E-state index in [1.54, 1.807) is 48.5 Å². The summed E-state index contributed by atoms with van der Waals surface area (Å²) in [7, 11) is 0. The Hall–Kier alpha value is -4.74. The number of allylic oxidation sites excluding steroid dienone is 1. The number of piperidine rings is 1. The van der Waals surface area contributed by atoms with Gasteiger partial charge < -0.3 is 25.6 Å². The Kier molecular flexibility index (Phi) is 10.4. The Labute approximate surface area is 240 Å². The molecule has 0 aliphatic carbocycles. The number of nitrogens with zero attached hydrogens (tertiary/aromatic N) is 1. The Balaban J connectivity index is 1.26. The molecule has 3 aromatic rings. The summed E-state index contributed by atoms with van der Waals surface area (Å²) in [5.41, 5.74) is 6.82. The lowest BCUT2D eigenvalue weighted by Gasteiger charge is -2.35. The average molecular weight is 554 g/mol. The number of aromatic carboxylic acids is 1. The normalized spacial score (nSPS) is 14.8. The fraction of sp³-hybridized carbons (Fsp3) is 0.273. The summed E-state index contributed by atoms with van der Waals surface area (Å²) in [5, 5.41) is 12.0. The second-order valence-corrected chi connectivity index (χ2v) is 9.79. The van der Waals surface area contributed by atoms with Gasteiger partial charge in [-0.15, -0.1) is 0 Å². The van der Waals surface area contributed by atoms with Crippen LogP contribution in [0.2, 0.25) is 0 Å². The van der Waals surface area contributed by atoms with E-state index in [2.05, 4.69) is 29.0 Å². The van der Waals surface area contributed by atoms with Gasteiger partial charge in [0, 0.05) is 11.8 Å². The standard InChI is InChI=1S/C33H35N3O5/c1-2-28(36-19-17-24(18-20-36)23-40-31-10-6-7-26(21-31)33(38)39)14-13-27(22-34)35-32(37)25-11-15-30(16-12-25)41-29-8-4-3-5-9-29/h3-12,15-16,21-22,24,28H,2,17-20,23,34H2,1H3,(H,35,37)(H,38,39)/b27-22+. The summed E-state index contributed by atoms with van der Waals surface area (Å²) in [6, 6.07) is 22.9. The highest BCUT2D eigenvalue weighted by molar-refractivity contribution is 5.95. The largest absolute Gasteiger partial charge is 0.493 e. The minimum Gasteiger partial charge on any atom is -0.493 e. The topological polar surface area (TPSA) is 114 Å². The van der Waals surface area contributed by atoms with Crippen LogP contribution in [0.1, 0.15) is 46.9 Å². The van der Waals surface area contributed by atoms with E-state index in [1.165, 1.54) is 6.20 Å². The number of carbonyl (C=O) groups is 2. The molecule has 0 saturated carbocycles. The number of ether oxygens (including phenoxy) is 2. The Morgan fingerprint density at radius 1 is 1.00 bits per heavy atom. The number of likely N-dealkylation sites (tertiary alicyclic amines) is 1. The van der Waals surface area contributed by atoms with Gasteiger partial charge in [-0.1, -0.05) is 37.1 Å². The zero-order valence-electron chi connectivity index (χ0n) is 23.1. The minimum absolute atomic E-state index is 0.0328. The maximum absolute atomic E-state index is 12.8. The van der Waals surface area contributed by atoms with Crippen molar-refractivity contribution in [2.45, 2.75) is 32.2 Å². The molecule has 1 aliphatic heterocycles.